The van der Waals surface area contributed by atoms with Crippen LogP contribution in [-0.2, 0) is 14.3 Å². The minimum atomic E-state index is -2.24. The smallest absolute Gasteiger partial charge is 0.414 e. The fourth-order valence-electron chi connectivity index (χ4n) is 4.69. The molecule has 0 unspecified atom stereocenters. The molecule has 0 aromatic heterocycles. The van der Waals surface area contributed by atoms with Crippen LogP contribution >= 0.6 is 11.6 Å². The van der Waals surface area contributed by atoms with Crippen molar-refractivity contribution < 1.29 is 19.1 Å². The van der Waals surface area contributed by atoms with Gasteiger partial charge >= 0.3 is 12.1 Å². The number of nitrogens with zero attached hydrogens (tertiary/aromatic N) is 1. The van der Waals surface area contributed by atoms with E-state index >= 15 is 0 Å². The van der Waals surface area contributed by atoms with Crippen molar-refractivity contribution >= 4 is 36.9 Å². The van der Waals surface area contributed by atoms with Gasteiger partial charge in [0.15, 0.2) is 0 Å². The lowest BCUT2D eigenvalue weighted by molar-refractivity contribution is -0.140. The summed E-state index contributed by atoms with van der Waals surface area (Å²) >= 11 is 6.11. The van der Waals surface area contributed by atoms with Crippen molar-refractivity contribution in [2.45, 2.75) is 32.5 Å². The Morgan fingerprint density at radius 1 is 1.00 bits per heavy atom. The summed E-state index contributed by atoms with van der Waals surface area (Å²) in [6.45, 7) is 6.63. The van der Waals surface area contributed by atoms with Gasteiger partial charge in [0.25, 0.3) is 0 Å². The van der Waals surface area contributed by atoms with E-state index in [2.05, 4.69) is 32.2 Å². The molecule has 3 rings (SSSR count). The number of halogens is 1. The van der Waals surface area contributed by atoms with E-state index in [0.29, 0.717) is 10.7 Å². The van der Waals surface area contributed by atoms with Gasteiger partial charge < -0.3 is 9.47 Å². The maximum absolute atomic E-state index is 13.0. The Kier molecular flexibility index (Phi) is 6.92. The molecule has 0 N–H and O–H groups in total. The summed E-state index contributed by atoms with van der Waals surface area (Å²) in [5, 5.41) is 3.01. The average molecular weight is 458 g/mol. The molecule has 1 aliphatic rings. The second-order valence-electron chi connectivity index (χ2n) is 8.23. The van der Waals surface area contributed by atoms with E-state index in [1.54, 1.807) is 4.90 Å². The van der Waals surface area contributed by atoms with Gasteiger partial charge in [-0.3, -0.25) is 9.69 Å². The summed E-state index contributed by atoms with van der Waals surface area (Å²) in [6, 6.07) is 17.5. The molecule has 2 aromatic rings. The van der Waals surface area contributed by atoms with Crippen LogP contribution in [0.25, 0.3) is 0 Å². The van der Waals surface area contributed by atoms with Crippen molar-refractivity contribution in [3.05, 3.63) is 76.1 Å². The zero-order valence-corrected chi connectivity index (χ0v) is 20.3. The van der Waals surface area contributed by atoms with Crippen LogP contribution in [0.1, 0.15) is 24.9 Å². The second kappa shape index (κ2) is 9.28. The third-order valence-corrected chi connectivity index (χ3v) is 10.2. The second-order valence-corrected chi connectivity index (χ2v) is 13.0. The lowest BCUT2D eigenvalue weighted by Crippen LogP contribution is -2.45. The first-order valence-electron chi connectivity index (χ1n) is 10.2. The Hall–Kier alpha value is -2.57. The zero-order valence-electron chi connectivity index (χ0n) is 18.5. The predicted octanol–water partition coefficient (Wildman–Crippen LogP) is 5.07. The van der Waals surface area contributed by atoms with Crippen molar-refractivity contribution in [1.82, 2.24) is 4.90 Å². The molecule has 31 heavy (non-hydrogen) atoms. The zero-order chi connectivity index (χ0) is 22.8. The monoisotopic (exact) mass is 457 g/mol. The highest BCUT2D eigenvalue weighted by atomic mass is 35.5. The maximum Gasteiger partial charge on any atom is 0.414 e. The fraction of sp³-hybridized carbons (Fsp3) is 0.333. The molecule has 0 radical (unpaired) electrons. The van der Waals surface area contributed by atoms with Gasteiger partial charge in [0, 0.05) is 16.6 Å². The van der Waals surface area contributed by atoms with Crippen molar-refractivity contribution in [2.24, 2.45) is 5.92 Å². The quantitative estimate of drug-likeness (QED) is 0.464. The lowest BCUT2D eigenvalue weighted by Gasteiger charge is -2.30. The van der Waals surface area contributed by atoms with Crippen molar-refractivity contribution in [2.75, 3.05) is 14.2 Å². The molecule has 7 heteroatoms. The van der Waals surface area contributed by atoms with Crippen LogP contribution in [0.5, 0.6) is 0 Å². The Morgan fingerprint density at radius 2 is 1.61 bits per heavy atom. The number of hydrogen-bond donors (Lipinski definition) is 0. The number of carbonyl (C=O) groups is 2. The van der Waals surface area contributed by atoms with Crippen LogP contribution in [0.4, 0.5) is 4.79 Å². The average Bonchev–Trinajstić information content (AvgIpc) is 3.06. The van der Waals surface area contributed by atoms with Crippen LogP contribution in [0.3, 0.4) is 0 Å². The van der Waals surface area contributed by atoms with Gasteiger partial charge in [0.05, 0.1) is 26.7 Å². The normalized spacial score (nSPS) is 18.8. The van der Waals surface area contributed by atoms with E-state index in [4.69, 9.17) is 21.1 Å². The van der Waals surface area contributed by atoms with Gasteiger partial charge in [-0.25, -0.2) is 4.79 Å². The van der Waals surface area contributed by atoms with E-state index in [-0.39, 0.29) is 24.3 Å². The molecule has 0 saturated carbocycles. The molecule has 0 saturated heterocycles. The summed E-state index contributed by atoms with van der Waals surface area (Å²) in [6.07, 6.45) is -0.475. The first-order chi connectivity index (χ1) is 14.7. The molecule has 2 atom stereocenters. The standard InChI is InChI=1S/C24H28ClNO4Si/c1-16-22(17-11-13-18(25)14-12-17)26(24(28)30-3)20(15-21(27)29-2)23(16)31(4,5)19-9-7-6-8-10-19/h6-14,16,22H,15H2,1-5H3/t16-,22-/m0/s1. The number of methoxy groups -OCH3 is 2. The number of ether oxygens (including phenoxy) is 2. The summed E-state index contributed by atoms with van der Waals surface area (Å²) in [5.41, 5.74) is 1.63. The number of benzene rings is 2. The third kappa shape index (κ3) is 4.41. The molecule has 0 aliphatic carbocycles. The van der Waals surface area contributed by atoms with Crippen LogP contribution in [0.15, 0.2) is 65.5 Å². The Balaban J connectivity index is 2.23. The highest BCUT2D eigenvalue weighted by molar-refractivity contribution is 6.95. The predicted molar refractivity (Wildman–Crippen MR) is 125 cm³/mol. The van der Waals surface area contributed by atoms with Crippen LogP contribution in [-0.4, -0.2) is 39.3 Å². The van der Waals surface area contributed by atoms with Crippen LogP contribution in [0, 0.1) is 5.92 Å². The molecular formula is C24H28ClNO4Si. The van der Waals surface area contributed by atoms with Gasteiger partial charge in [-0.05, 0) is 17.7 Å². The molecule has 0 spiro atoms. The number of carbonyl (C=O) groups excluding carboxylic acids is 2. The summed E-state index contributed by atoms with van der Waals surface area (Å²) in [4.78, 5) is 27.0. The summed E-state index contributed by atoms with van der Waals surface area (Å²) in [7, 11) is 0.480. The molecule has 5 nitrogen and oxygen atoms in total. The van der Waals surface area contributed by atoms with E-state index in [1.165, 1.54) is 19.4 Å². The van der Waals surface area contributed by atoms with Crippen molar-refractivity contribution in [3.8, 4) is 0 Å². The first-order valence-corrected chi connectivity index (χ1v) is 13.6. The SMILES string of the molecule is COC(=O)CC1=C([Si](C)(C)c2ccccc2)[C@@H](C)[C@@H](c2ccc(Cl)cc2)N1C(=O)OC. The van der Waals surface area contributed by atoms with Crippen molar-refractivity contribution in [3.63, 3.8) is 0 Å². The van der Waals surface area contributed by atoms with Gasteiger partial charge in [0.1, 0.15) is 8.07 Å². The third-order valence-electron chi connectivity index (χ3n) is 6.10. The minimum Gasteiger partial charge on any atom is -0.469 e. The summed E-state index contributed by atoms with van der Waals surface area (Å²) in [5.74, 6) is -0.398. The topological polar surface area (TPSA) is 55.8 Å². The van der Waals surface area contributed by atoms with Gasteiger partial charge in [0.2, 0.25) is 0 Å². The van der Waals surface area contributed by atoms with E-state index in [1.807, 2.05) is 42.5 Å². The highest BCUT2D eigenvalue weighted by Crippen LogP contribution is 2.48. The summed E-state index contributed by atoms with van der Waals surface area (Å²) < 4.78 is 10.1. The molecule has 0 bridgehead atoms. The van der Waals surface area contributed by atoms with Crippen molar-refractivity contribution in [1.29, 1.82) is 0 Å². The van der Waals surface area contributed by atoms with Crippen LogP contribution in [0.2, 0.25) is 18.1 Å². The van der Waals surface area contributed by atoms with E-state index in [9.17, 15) is 9.59 Å². The highest BCUT2D eigenvalue weighted by Gasteiger charge is 2.48. The lowest BCUT2D eigenvalue weighted by atomic mass is 9.96. The molecule has 2 aromatic carbocycles. The number of amides is 1. The molecule has 1 amide bonds. The minimum absolute atomic E-state index is 0.0122. The molecule has 0 fully saturated rings. The Labute approximate surface area is 189 Å². The molecule has 1 heterocycles. The van der Waals surface area contributed by atoms with Gasteiger partial charge in [-0.2, -0.15) is 0 Å². The van der Waals surface area contributed by atoms with E-state index < -0.39 is 14.2 Å². The van der Waals surface area contributed by atoms with Gasteiger partial charge in [-0.1, -0.05) is 84.5 Å². The molecule has 1 aliphatic heterocycles. The Morgan fingerprint density at radius 3 is 2.16 bits per heavy atom. The Bertz CT molecular complexity index is 988. The number of hydrogen-bond acceptors (Lipinski definition) is 4. The van der Waals surface area contributed by atoms with Gasteiger partial charge in [-0.15, -0.1) is 0 Å². The molecular weight excluding hydrogens is 430 g/mol. The van der Waals surface area contributed by atoms with Crippen LogP contribution < -0.4 is 5.19 Å². The largest absolute Gasteiger partial charge is 0.469 e. The van der Waals surface area contributed by atoms with E-state index in [0.717, 1.165) is 10.8 Å². The molecule has 164 valence electrons. The number of esters is 1. The fourth-order valence-corrected chi connectivity index (χ4v) is 8.38. The maximum atomic E-state index is 13.0. The number of rotatable bonds is 5. The first kappa shape index (κ1) is 23.1.